The molecule has 0 unspecified atom stereocenters. The molecule has 0 aromatic carbocycles. The highest BCUT2D eigenvalue weighted by Gasteiger charge is 2.16. The molecular weight excluding hydrogens is 124 g/mol. The Hall–Kier alpha value is -0.980. The van der Waals surface area contributed by atoms with Gasteiger partial charge in [0.25, 0.3) is 0 Å². The van der Waals surface area contributed by atoms with Crippen LogP contribution >= 0.6 is 0 Å². The second-order valence-corrected chi connectivity index (χ2v) is 2.55. The Morgan fingerprint density at radius 3 is 3.10 bits per heavy atom. The third kappa shape index (κ3) is 0.703. The topological polar surface area (TPSA) is 9.23 Å². The first kappa shape index (κ1) is 5.78. The van der Waals surface area contributed by atoms with Crippen LogP contribution in [0.2, 0.25) is 0 Å². The van der Waals surface area contributed by atoms with E-state index >= 15 is 0 Å². The van der Waals surface area contributed by atoms with Crippen LogP contribution in [0.3, 0.4) is 0 Å². The standard InChI is InChI=1S/C9H10O/c1-2-7-5-8-3-4-10-9(8)6-7/h3,5-6H,2,4H2,1H3. The third-order valence-corrected chi connectivity index (χ3v) is 1.89. The maximum atomic E-state index is 5.33. The highest BCUT2D eigenvalue weighted by atomic mass is 16.5. The summed E-state index contributed by atoms with van der Waals surface area (Å²) < 4.78 is 5.33. The minimum atomic E-state index is 0.759. The number of hydrogen-bond acceptors (Lipinski definition) is 1. The van der Waals surface area contributed by atoms with Crippen LogP contribution < -0.4 is 0 Å². The van der Waals surface area contributed by atoms with Gasteiger partial charge in [-0.25, -0.2) is 0 Å². The summed E-state index contributed by atoms with van der Waals surface area (Å²) in [5.74, 6) is 1.07. The zero-order chi connectivity index (χ0) is 6.97. The molecule has 0 spiro atoms. The van der Waals surface area contributed by atoms with Gasteiger partial charge in [0.1, 0.15) is 12.4 Å². The molecule has 1 aliphatic heterocycles. The third-order valence-electron chi connectivity index (χ3n) is 1.89. The van der Waals surface area contributed by atoms with Gasteiger partial charge in [-0.2, -0.15) is 0 Å². The van der Waals surface area contributed by atoms with Crippen LogP contribution in [0, 0.1) is 0 Å². The Morgan fingerprint density at radius 1 is 1.50 bits per heavy atom. The Morgan fingerprint density at radius 2 is 2.40 bits per heavy atom. The Kier molecular flexibility index (Phi) is 1.16. The first-order chi connectivity index (χ1) is 4.90. The van der Waals surface area contributed by atoms with Crippen LogP contribution in [0.15, 0.2) is 35.1 Å². The van der Waals surface area contributed by atoms with Crippen LogP contribution in [0.4, 0.5) is 0 Å². The van der Waals surface area contributed by atoms with E-state index in [0.717, 1.165) is 18.8 Å². The van der Waals surface area contributed by atoms with E-state index in [4.69, 9.17) is 4.74 Å². The van der Waals surface area contributed by atoms with Crippen molar-refractivity contribution in [2.75, 3.05) is 6.61 Å². The normalized spacial score (nSPS) is 21.1. The molecule has 1 heteroatoms. The molecule has 0 saturated heterocycles. The number of fused-ring (bicyclic) bond motifs is 1. The molecular formula is C9H10O. The fraction of sp³-hybridized carbons (Fsp3) is 0.333. The van der Waals surface area contributed by atoms with Gasteiger partial charge in [-0.1, -0.05) is 6.92 Å². The summed E-state index contributed by atoms with van der Waals surface area (Å²) in [5, 5.41) is 0. The molecule has 0 amide bonds. The SMILES string of the molecule is CCC1=CC2=CCOC2=C1. The van der Waals surface area contributed by atoms with E-state index in [1.807, 2.05) is 0 Å². The van der Waals surface area contributed by atoms with Crippen LogP contribution in [-0.2, 0) is 4.74 Å². The fourth-order valence-electron chi connectivity index (χ4n) is 1.27. The van der Waals surface area contributed by atoms with Gasteiger partial charge in [-0.15, -0.1) is 0 Å². The van der Waals surface area contributed by atoms with Gasteiger partial charge in [-0.3, -0.25) is 0 Å². The van der Waals surface area contributed by atoms with Crippen molar-refractivity contribution in [3.05, 3.63) is 35.1 Å². The lowest BCUT2D eigenvalue weighted by Gasteiger charge is -1.93. The molecule has 0 saturated carbocycles. The van der Waals surface area contributed by atoms with Crippen molar-refractivity contribution in [1.29, 1.82) is 0 Å². The summed E-state index contributed by atoms with van der Waals surface area (Å²) in [7, 11) is 0. The molecule has 0 radical (unpaired) electrons. The molecule has 52 valence electrons. The fourth-order valence-corrected chi connectivity index (χ4v) is 1.27. The summed E-state index contributed by atoms with van der Waals surface area (Å²) in [6, 6.07) is 0. The quantitative estimate of drug-likeness (QED) is 0.534. The summed E-state index contributed by atoms with van der Waals surface area (Å²) in [6.45, 7) is 2.92. The first-order valence-corrected chi connectivity index (χ1v) is 3.66. The Labute approximate surface area is 60.7 Å². The number of allylic oxidation sites excluding steroid dienone is 3. The van der Waals surface area contributed by atoms with Gasteiger partial charge in [0.05, 0.1) is 0 Å². The molecule has 0 bridgehead atoms. The van der Waals surface area contributed by atoms with Crippen molar-refractivity contribution in [3.8, 4) is 0 Å². The average molecular weight is 134 g/mol. The van der Waals surface area contributed by atoms with Crippen molar-refractivity contribution in [2.45, 2.75) is 13.3 Å². The van der Waals surface area contributed by atoms with Gasteiger partial charge in [0.2, 0.25) is 0 Å². The lowest BCUT2D eigenvalue weighted by Crippen LogP contribution is -1.79. The highest BCUT2D eigenvalue weighted by molar-refractivity contribution is 5.51. The van der Waals surface area contributed by atoms with Crippen molar-refractivity contribution < 1.29 is 4.74 Å². The van der Waals surface area contributed by atoms with Gasteiger partial charge in [0.15, 0.2) is 0 Å². The van der Waals surface area contributed by atoms with Crippen molar-refractivity contribution >= 4 is 0 Å². The lowest BCUT2D eigenvalue weighted by atomic mass is 10.2. The Balaban J connectivity index is 2.33. The van der Waals surface area contributed by atoms with Crippen LogP contribution in [0.1, 0.15) is 13.3 Å². The molecule has 0 aromatic rings. The number of hydrogen-bond donors (Lipinski definition) is 0. The van der Waals surface area contributed by atoms with E-state index in [9.17, 15) is 0 Å². The summed E-state index contributed by atoms with van der Waals surface area (Å²) in [6.07, 6.45) is 7.54. The molecule has 0 fully saturated rings. The summed E-state index contributed by atoms with van der Waals surface area (Å²) in [4.78, 5) is 0. The lowest BCUT2D eigenvalue weighted by molar-refractivity contribution is 0.277. The van der Waals surface area contributed by atoms with E-state index in [2.05, 4.69) is 25.2 Å². The second kappa shape index (κ2) is 2.01. The van der Waals surface area contributed by atoms with E-state index in [0.29, 0.717) is 0 Å². The molecule has 1 heterocycles. The van der Waals surface area contributed by atoms with Crippen LogP contribution in [-0.4, -0.2) is 6.61 Å². The minimum Gasteiger partial charge on any atom is -0.489 e. The van der Waals surface area contributed by atoms with E-state index in [1.54, 1.807) is 0 Å². The van der Waals surface area contributed by atoms with E-state index in [-0.39, 0.29) is 0 Å². The van der Waals surface area contributed by atoms with Crippen molar-refractivity contribution in [2.24, 2.45) is 0 Å². The average Bonchev–Trinajstić information content (AvgIpc) is 2.42. The summed E-state index contributed by atoms with van der Waals surface area (Å²) >= 11 is 0. The number of rotatable bonds is 1. The predicted molar refractivity (Wildman–Crippen MR) is 40.5 cm³/mol. The first-order valence-electron chi connectivity index (χ1n) is 3.66. The molecule has 0 atom stereocenters. The van der Waals surface area contributed by atoms with Gasteiger partial charge < -0.3 is 4.74 Å². The maximum Gasteiger partial charge on any atom is 0.127 e. The molecule has 1 aliphatic carbocycles. The minimum absolute atomic E-state index is 0.759. The van der Waals surface area contributed by atoms with Gasteiger partial charge >= 0.3 is 0 Å². The Bertz CT molecular complexity index is 243. The van der Waals surface area contributed by atoms with Gasteiger partial charge in [0, 0.05) is 5.57 Å². The van der Waals surface area contributed by atoms with Gasteiger partial charge in [-0.05, 0) is 30.2 Å². The molecule has 10 heavy (non-hydrogen) atoms. The summed E-state index contributed by atoms with van der Waals surface area (Å²) in [5.41, 5.74) is 2.65. The zero-order valence-electron chi connectivity index (χ0n) is 6.05. The molecule has 2 aliphatic rings. The van der Waals surface area contributed by atoms with E-state index in [1.165, 1.54) is 11.1 Å². The predicted octanol–water partition coefficient (Wildman–Crippen LogP) is 2.18. The largest absolute Gasteiger partial charge is 0.489 e. The maximum absolute atomic E-state index is 5.33. The van der Waals surface area contributed by atoms with Crippen LogP contribution in [0.5, 0.6) is 0 Å². The molecule has 0 aromatic heterocycles. The smallest absolute Gasteiger partial charge is 0.127 e. The van der Waals surface area contributed by atoms with Crippen molar-refractivity contribution in [3.63, 3.8) is 0 Å². The second-order valence-electron chi connectivity index (χ2n) is 2.55. The van der Waals surface area contributed by atoms with Crippen LogP contribution in [0.25, 0.3) is 0 Å². The molecule has 2 rings (SSSR count). The number of ether oxygens (including phenoxy) is 1. The zero-order valence-corrected chi connectivity index (χ0v) is 6.05. The molecule has 0 N–H and O–H groups in total. The van der Waals surface area contributed by atoms with Crippen molar-refractivity contribution in [1.82, 2.24) is 0 Å². The highest BCUT2D eigenvalue weighted by Crippen LogP contribution is 2.29. The molecule has 1 nitrogen and oxygen atoms in total. The monoisotopic (exact) mass is 134 g/mol. The van der Waals surface area contributed by atoms with E-state index < -0.39 is 0 Å².